The largest absolute Gasteiger partial charge is 0.380 e. The lowest BCUT2D eigenvalue weighted by Gasteiger charge is -2.01. The third kappa shape index (κ3) is 2.41. The van der Waals surface area contributed by atoms with Crippen LogP contribution < -0.4 is 5.73 Å². The molecule has 19 heavy (non-hydrogen) atoms. The molecule has 0 unspecified atom stereocenters. The van der Waals surface area contributed by atoms with Gasteiger partial charge in [0.15, 0.2) is 11.6 Å². The van der Waals surface area contributed by atoms with Crippen LogP contribution in [0.25, 0.3) is 22.5 Å². The Morgan fingerprint density at radius 1 is 1.26 bits per heavy atom. The van der Waals surface area contributed by atoms with Crippen LogP contribution in [0.4, 0.5) is 5.82 Å². The molecule has 3 nitrogen and oxygen atoms in total. The van der Waals surface area contributed by atoms with Gasteiger partial charge >= 0.3 is 0 Å². The molecule has 0 aliphatic carbocycles. The zero-order valence-corrected chi connectivity index (χ0v) is 12.7. The summed E-state index contributed by atoms with van der Waals surface area (Å²) in [7, 11) is 0. The van der Waals surface area contributed by atoms with Crippen molar-refractivity contribution in [3.05, 3.63) is 44.5 Å². The molecule has 2 aromatic heterocycles. The number of rotatable bonds is 2. The number of thiophene rings is 1. The molecule has 1 aromatic carbocycles. The summed E-state index contributed by atoms with van der Waals surface area (Å²) in [5.74, 6) is 1.02. The zero-order chi connectivity index (χ0) is 13.4. The van der Waals surface area contributed by atoms with Gasteiger partial charge in [-0.3, -0.25) is 0 Å². The van der Waals surface area contributed by atoms with Crippen molar-refractivity contribution in [2.24, 2.45) is 0 Å². The first-order chi connectivity index (χ1) is 9.15. The second-order valence-corrected chi connectivity index (χ2v) is 6.65. The molecule has 0 spiro atoms. The molecule has 0 amide bonds. The molecule has 3 rings (SSSR count). The number of nitrogen functional groups attached to an aromatic ring is 1. The van der Waals surface area contributed by atoms with E-state index in [-0.39, 0.29) is 0 Å². The number of halogens is 2. The predicted molar refractivity (Wildman–Crippen MR) is 82.4 cm³/mol. The van der Waals surface area contributed by atoms with E-state index in [1.165, 1.54) is 0 Å². The fraction of sp³-hybridized carbons (Fsp3) is 0. The Balaban J connectivity index is 2.19. The van der Waals surface area contributed by atoms with E-state index in [9.17, 15) is 0 Å². The number of nitrogens with zero attached hydrogens (tertiary/aromatic N) is 1. The summed E-state index contributed by atoms with van der Waals surface area (Å²) in [5.41, 5.74) is 8.52. The van der Waals surface area contributed by atoms with Crippen LogP contribution >= 0.6 is 38.9 Å². The molecular formula is C13H8BrClN2OS. The van der Waals surface area contributed by atoms with Crippen LogP contribution in [-0.4, -0.2) is 5.16 Å². The number of anilines is 1. The molecule has 0 aliphatic heterocycles. The Morgan fingerprint density at radius 3 is 2.79 bits per heavy atom. The maximum atomic E-state index is 6.02. The molecule has 0 radical (unpaired) electrons. The highest BCUT2D eigenvalue weighted by atomic mass is 79.9. The van der Waals surface area contributed by atoms with E-state index in [2.05, 4.69) is 21.1 Å². The minimum Gasteiger partial charge on any atom is -0.380 e. The standard InChI is InChI=1S/C13H8BrClN2OS/c14-10-5-8(6-19-10)12-11(13(16)17-18-12)7-2-1-3-9(15)4-7/h1-6H,(H2,16,17). The van der Waals surface area contributed by atoms with Crippen molar-refractivity contribution in [3.8, 4) is 22.5 Å². The number of nitrogens with two attached hydrogens (primary N) is 1. The van der Waals surface area contributed by atoms with Gasteiger partial charge in [-0.15, -0.1) is 11.3 Å². The maximum absolute atomic E-state index is 6.02. The Labute approximate surface area is 127 Å². The van der Waals surface area contributed by atoms with Crippen molar-refractivity contribution in [3.63, 3.8) is 0 Å². The summed E-state index contributed by atoms with van der Waals surface area (Å²) in [6.45, 7) is 0. The number of hydrogen-bond donors (Lipinski definition) is 1. The van der Waals surface area contributed by atoms with Crippen LogP contribution in [0.5, 0.6) is 0 Å². The third-order valence-corrected chi connectivity index (χ3v) is 4.40. The molecule has 2 N–H and O–H groups in total. The first kappa shape index (κ1) is 12.7. The average molecular weight is 356 g/mol. The summed E-state index contributed by atoms with van der Waals surface area (Å²) in [6.07, 6.45) is 0. The molecule has 0 aliphatic rings. The molecule has 2 heterocycles. The topological polar surface area (TPSA) is 52.0 Å². The zero-order valence-electron chi connectivity index (χ0n) is 9.56. The van der Waals surface area contributed by atoms with Gasteiger partial charge in [0.2, 0.25) is 0 Å². The van der Waals surface area contributed by atoms with Crippen molar-refractivity contribution >= 4 is 44.7 Å². The second kappa shape index (κ2) is 5.00. The Morgan fingerprint density at radius 2 is 2.11 bits per heavy atom. The summed E-state index contributed by atoms with van der Waals surface area (Å²) < 4.78 is 6.38. The lowest BCUT2D eigenvalue weighted by atomic mass is 10.0. The van der Waals surface area contributed by atoms with Crippen LogP contribution in [0, 0.1) is 0 Å². The van der Waals surface area contributed by atoms with Crippen molar-refractivity contribution in [1.82, 2.24) is 5.16 Å². The van der Waals surface area contributed by atoms with E-state index in [4.69, 9.17) is 21.9 Å². The fourth-order valence-corrected chi connectivity index (χ4v) is 3.18. The summed E-state index contributed by atoms with van der Waals surface area (Å²) in [5, 5.41) is 6.49. The van der Waals surface area contributed by atoms with Gasteiger partial charge in [-0.2, -0.15) is 0 Å². The normalized spacial score (nSPS) is 10.8. The first-order valence-corrected chi connectivity index (χ1v) is 7.45. The Bertz CT molecular complexity index is 738. The highest BCUT2D eigenvalue weighted by Crippen LogP contribution is 2.39. The molecule has 0 fully saturated rings. The highest BCUT2D eigenvalue weighted by Gasteiger charge is 2.18. The van der Waals surface area contributed by atoms with Crippen LogP contribution in [0.1, 0.15) is 0 Å². The maximum Gasteiger partial charge on any atom is 0.177 e. The van der Waals surface area contributed by atoms with Gasteiger partial charge in [0.05, 0.1) is 9.35 Å². The van der Waals surface area contributed by atoms with Crippen LogP contribution in [0.2, 0.25) is 5.02 Å². The lowest BCUT2D eigenvalue weighted by molar-refractivity contribution is 0.436. The molecular weight excluding hydrogens is 348 g/mol. The quantitative estimate of drug-likeness (QED) is 0.698. The van der Waals surface area contributed by atoms with E-state index < -0.39 is 0 Å². The third-order valence-electron chi connectivity index (χ3n) is 2.66. The summed E-state index contributed by atoms with van der Waals surface area (Å²) in [4.78, 5) is 0. The monoisotopic (exact) mass is 354 g/mol. The number of hydrogen-bond acceptors (Lipinski definition) is 4. The molecule has 3 aromatic rings. The van der Waals surface area contributed by atoms with Crippen LogP contribution in [-0.2, 0) is 0 Å². The van der Waals surface area contributed by atoms with Crippen molar-refractivity contribution < 1.29 is 4.52 Å². The molecule has 0 bridgehead atoms. The van der Waals surface area contributed by atoms with Gasteiger partial charge in [-0.25, -0.2) is 0 Å². The number of aromatic nitrogens is 1. The van der Waals surface area contributed by atoms with Crippen molar-refractivity contribution in [2.45, 2.75) is 0 Å². The van der Waals surface area contributed by atoms with Gasteiger partial charge in [0.1, 0.15) is 0 Å². The molecule has 6 heteroatoms. The molecule has 0 saturated heterocycles. The molecule has 96 valence electrons. The minimum atomic E-state index is 0.361. The van der Waals surface area contributed by atoms with E-state index in [1.807, 2.05) is 35.7 Å². The Kier molecular flexibility index (Phi) is 3.35. The second-order valence-electron chi connectivity index (χ2n) is 3.92. The van der Waals surface area contributed by atoms with E-state index in [1.54, 1.807) is 11.3 Å². The first-order valence-electron chi connectivity index (χ1n) is 5.40. The lowest BCUT2D eigenvalue weighted by Crippen LogP contribution is -1.88. The number of benzene rings is 1. The summed E-state index contributed by atoms with van der Waals surface area (Å²) >= 11 is 11.0. The van der Waals surface area contributed by atoms with Crippen LogP contribution in [0.15, 0.2) is 44.0 Å². The van der Waals surface area contributed by atoms with E-state index >= 15 is 0 Å². The smallest absolute Gasteiger partial charge is 0.177 e. The summed E-state index contributed by atoms with van der Waals surface area (Å²) in [6, 6.07) is 9.43. The average Bonchev–Trinajstić information content (AvgIpc) is 2.95. The predicted octanol–water partition coefficient (Wildman–Crippen LogP) is 5.07. The SMILES string of the molecule is Nc1noc(-c2csc(Br)c2)c1-c1cccc(Cl)c1. The van der Waals surface area contributed by atoms with Gasteiger partial charge in [-0.1, -0.05) is 28.9 Å². The van der Waals surface area contributed by atoms with Gasteiger partial charge in [0.25, 0.3) is 0 Å². The van der Waals surface area contributed by atoms with Gasteiger partial charge in [-0.05, 0) is 39.7 Å². The van der Waals surface area contributed by atoms with Crippen molar-refractivity contribution in [1.29, 1.82) is 0 Å². The fourth-order valence-electron chi connectivity index (χ4n) is 1.85. The van der Waals surface area contributed by atoms with Gasteiger partial charge in [0, 0.05) is 16.0 Å². The van der Waals surface area contributed by atoms with Crippen LogP contribution in [0.3, 0.4) is 0 Å². The van der Waals surface area contributed by atoms with E-state index in [0.29, 0.717) is 16.6 Å². The minimum absolute atomic E-state index is 0.361. The Hall–Kier alpha value is -1.30. The molecule has 0 atom stereocenters. The van der Waals surface area contributed by atoms with Crippen molar-refractivity contribution in [2.75, 3.05) is 5.73 Å². The van der Waals surface area contributed by atoms with Gasteiger partial charge < -0.3 is 10.3 Å². The van der Waals surface area contributed by atoms with E-state index in [0.717, 1.165) is 20.5 Å². The molecule has 0 saturated carbocycles. The highest BCUT2D eigenvalue weighted by molar-refractivity contribution is 9.11.